The molecule has 1 heterocycles. The van der Waals surface area contributed by atoms with Crippen LogP contribution in [0.3, 0.4) is 0 Å². The van der Waals surface area contributed by atoms with Crippen molar-refractivity contribution in [2.24, 2.45) is 0 Å². The molecule has 0 saturated carbocycles. The third-order valence-corrected chi connectivity index (χ3v) is 3.39. The number of nitro groups is 1. The van der Waals surface area contributed by atoms with Crippen LogP contribution >= 0.6 is 0 Å². The molecule has 0 unspecified atom stereocenters. The molecule has 1 aliphatic heterocycles. The van der Waals surface area contributed by atoms with Crippen molar-refractivity contribution < 1.29 is 4.92 Å². The summed E-state index contributed by atoms with van der Waals surface area (Å²) in [6, 6.07) is 6.57. The highest BCUT2D eigenvalue weighted by molar-refractivity contribution is 5.67. The summed E-state index contributed by atoms with van der Waals surface area (Å²) in [5.74, 6) is 0. The van der Waals surface area contributed by atoms with Crippen LogP contribution in [0.15, 0.2) is 18.2 Å². The normalized spacial score (nSPS) is 17.8. The van der Waals surface area contributed by atoms with Crippen molar-refractivity contribution in [3.63, 3.8) is 0 Å². The van der Waals surface area contributed by atoms with Gasteiger partial charge in [-0.1, -0.05) is 0 Å². The van der Waals surface area contributed by atoms with E-state index in [1.807, 2.05) is 24.8 Å². The maximum absolute atomic E-state index is 11.2. The highest BCUT2D eigenvalue weighted by Crippen LogP contribution is 2.34. The molecule has 100 valence electrons. The Morgan fingerprint density at radius 2 is 2.26 bits per heavy atom. The third-order valence-electron chi connectivity index (χ3n) is 3.39. The monoisotopic (exact) mass is 260 g/mol. The first kappa shape index (κ1) is 13.3. The Balaban J connectivity index is 2.49. The highest BCUT2D eigenvalue weighted by Gasteiger charge is 2.33. The predicted molar refractivity (Wildman–Crippen MR) is 72.1 cm³/mol. The van der Waals surface area contributed by atoms with Gasteiger partial charge in [-0.15, -0.1) is 0 Å². The average molecular weight is 260 g/mol. The lowest BCUT2D eigenvalue weighted by Gasteiger charge is -2.44. The molecule has 0 atom stereocenters. The van der Waals surface area contributed by atoms with Crippen molar-refractivity contribution >= 4 is 11.4 Å². The number of anilines is 1. The first-order valence-corrected chi connectivity index (χ1v) is 6.12. The first-order chi connectivity index (χ1) is 8.95. The molecule has 1 aliphatic rings. The van der Waals surface area contributed by atoms with Gasteiger partial charge in [-0.3, -0.25) is 10.1 Å². The van der Waals surface area contributed by atoms with Gasteiger partial charge in [0, 0.05) is 31.2 Å². The highest BCUT2D eigenvalue weighted by atomic mass is 16.6. The van der Waals surface area contributed by atoms with E-state index in [0.29, 0.717) is 17.8 Å². The van der Waals surface area contributed by atoms with E-state index in [2.05, 4.69) is 5.32 Å². The maximum Gasteiger partial charge on any atom is 0.293 e. The molecule has 0 aliphatic carbocycles. The molecule has 0 radical (unpaired) electrons. The Labute approximate surface area is 111 Å². The van der Waals surface area contributed by atoms with Crippen molar-refractivity contribution in [1.29, 1.82) is 5.26 Å². The maximum atomic E-state index is 11.2. The lowest BCUT2D eigenvalue weighted by atomic mass is 9.98. The van der Waals surface area contributed by atoms with E-state index in [-0.39, 0.29) is 11.2 Å². The topological polar surface area (TPSA) is 82.2 Å². The van der Waals surface area contributed by atoms with E-state index in [4.69, 9.17) is 5.26 Å². The standard InChI is InChI=1S/C13H16N4O2/c1-13(2)9-15-5-6-16(13)11-4-3-10(8-14)7-12(11)17(18)19/h3-4,7,15H,5-6,9H2,1-2H3. The van der Waals surface area contributed by atoms with E-state index >= 15 is 0 Å². The van der Waals surface area contributed by atoms with Crippen molar-refractivity contribution in [3.05, 3.63) is 33.9 Å². The van der Waals surface area contributed by atoms with Crippen LogP contribution in [0.4, 0.5) is 11.4 Å². The molecule has 1 fully saturated rings. The summed E-state index contributed by atoms with van der Waals surface area (Å²) in [5, 5.41) is 23.3. The summed E-state index contributed by atoms with van der Waals surface area (Å²) in [6.07, 6.45) is 0. The lowest BCUT2D eigenvalue weighted by Crippen LogP contribution is -2.58. The molecule has 0 bridgehead atoms. The molecule has 6 heteroatoms. The Hall–Kier alpha value is -2.13. The smallest absolute Gasteiger partial charge is 0.293 e. The number of hydrogen-bond acceptors (Lipinski definition) is 5. The average Bonchev–Trinajstić information content (AvgIpc) is 2.37. The van der Waals surface area contributed by atoms with Gasteiger partial charge in [0.2, 0.25) is 0 Å². The summed E-state index contributed by atoms with van der Waals surface area (Å²) < 4.78 is 0. The number of rotatable bonds is 2. The zero-order valence-corrected chi connectivity index (χ0v) is 11.0. The van der Waals surface area contributed by atoms with E-state index < -0.39 is 4.92 Å². The fourth-order valence-electron chi connectivity index (χ4n) is 2.40. The lowest BCUT2D eigenvalue weighted by molar-refractivity contribution is -0.384. The SMILES string of the molecule is CC1(C)CNCCN1c1ccc(C#N)cc1[N+](=O)[O-]. The van der Waals surface area contributed by atoms with Crippen LogP contribution in [0.1, 0.15) is 19.4 Å². The number of nitrogens with zero attached hydrogens (tertiary/aromatic N) is 3. The number of hydrogen-bond donors (Lipinski definition) is 1. The molecule has 1 saturated heterocycles. The minimum absolute atomic E-state index is 0.00553. The van der Waals surface area contributed by atoms with Crippen LogP contribution in [-0.4, -0.2) is 30.1 Å². The zero-order chi connectivity index (χ0) is 14.0. The number of benzene rings is 1. The predicted octanol–water partition coefficient (Wildman–Crippen LogP) is 1.65. The Bertz CT molecular complexity index is 548. The van der Waals surface area contributed by atoms with Gasteiger partial charge < -0.3 is 10.2 Å². The van der Waals surface area contributed by atoms with Crippen LogP contribution in [0, 0.1) is 21.4 Å². The second kappa shape index (κ2) is 4.86. The first-order valence-electron chi connectivity index (χ1n) is 6.12. The van der Waals surface area contributed by atoms with Gasteiger partial charge in [-0.2, -0.15) is 5.26 Å². The van der Waals surface area contributed by atoms with Crippen molar-refractivity contribution in [3.8, 4) is 6.07 Å². The zero-order valence-electron chi connectivity index (χ0n) is 11.0. The van der Waals surface area contributed by atoms with Gasteiger partial charge in [0.05, 0.1) is 16.6 Å². The van der Waals surface area contributed by atoms with E-state index in [1.54, 1.807) is 12.1 Å². The number of piperazine rings is 1. The van der Waals surface area contributed by atoms with Crippen LogP contribution in [0.25, 0.3) is 0 Å². The molecular weight excluding hydrogens is 244 g/mol. The third kappa shape index (κ3) is 2.51. The Morgan fingerprint density at radius 1 is 1.53 bits per heavy atom. The van der Waals surface area contributed by atoms with Crippen molar-refractivity contribution in [2.45, 2.75) is 19.4 Å². The minimum Gasteiger partial charge on any atom is -0.358 e. The molecule has 1 aromatic carbocycles. The Morgan fingerprint density at radius 3 is 2.84 bits per heavy atom. The summed E-state index contributed by atoms with van der Waals surface area (Å²) >= 11 is 0. The van der Waals surface area contributed by atoms with Crippen LogP contribution in [-0.2, 0) is 0 Å². The van der Waals surface area contributed by atoms with E-state index in [0.717, 1.165) is 13.1 Å². The van der Waals surface area contributed by atoms with Crippen LogP contribution in [0.5, 0.6) is 0 Å². The van der Waals surface area contributed by atoms with Gasteiger partial charge in [0.1, 0.15) is 5.69 Å². The van der Waals surface area contributed by atoms with Gasteiger partial charge in [0.25, 0.3) is 5.69 Å². The molecule has 2 rings (SSSR count). The van der Waals surface area contributed by atoms with E-state index in [9.17, 15) is 10.1 Å². The molecule has 0 amide bonds. The molecule has 6 nitrogen and oxygen atoms in total. The molecule has 1 aromatic rings. The van der Waals surface area contributed by atoms with Crippen LogP contribution < -0.4 is 10.2 Å². The number of nitrogens with one attached hydrogen (secondary N) is 1. The molecule has 0 aromatic heterocycles. The summed E-state index contributed by atoms with van der Waals surface area (Å²) in [6.45, 7) is 6.35. The largest absolute Gasteiger partial charge is 0.358 e. The van der Waals surface area contributed by atoms with Gasteiger partial charge in [0.15, 0.2) is 0 Å². The molecule has 19 heavy (non-hydrogen) atoms. The van der Waals surface area contributed by atoms with Crippen molar-refractivity contribution in [2.75, 3.05) is 24.5 Å². The molecular formula is C13H16N4O2. The molecule has 1 N–H and O–H groups in total. The van der Waals surface area contributed by atoms with Gasteiger partial charge in [-0.25, -0.2) is 0 Å². The van der Waals surface area contributed by atoms with Crippen molar-refractivity contribution in [1.82, 2.24) is 5.32 Å². The second-order valence-corrected chi connectivity index (χ2v) is 5.21. The summed E-state index contributed by atoms with van der Waals surface area (Å²) in [5.41, 5.74) is 0.685. The van der Waals surface area contributed by atoms with Crippen LogP contribution in [0.2, 0.25) is 0 Å². The molecule has 0 spiro atoms. The second-order valence-electron chi connectivity index (χ2n) is 5.21. The summed E-state index contributed by atoms with van der Waals surface area (Å²) in [4.78, 5) is 12.8. The summed E-state index contributed by atoms with van der Waals surface area (Å²) in [7, 11) is 0. The van der Waals surface area contributed by atoms with Gasteiger partial charge >= 0.3 is 0 Å². The Kier molecular flexibility index (Phi) is 3.40. The van der Waals surface area contributed by atoms with E-state index in [1.165, 1.54) is 6.07 Å². The quantitative estimate of drug-likeness (QED) is 0.646. The minimum atomic E-state index is -0.422. The fraction of sp³-hybridized carbons (Fsp3) is 0.462. The number of nitro benzene ring substituents is 1. The fourth-order valence-corrected chi connectivity index (χ4v) is 2.40. The van der Waals surface area contributed by atoms with Gasteiger partial charge in [-0.05, 0) is 26.0 Å². The number of nitriles is 1.